The number of phosphoric ester groups is 1. The first-order chi connectivity index (χ1) is 28.4. The van der Waals surface area contributed by atoms with Gasteiger partial charge in [-0.1, -0.05) is 146 Å². The van der Waals surface area contributed by atoms with E-state index in [4.69, 9.17) is 18.5 Å². The molecule has 342 valence electrons. The van der Waals surface area contributed by atoms with Crippen molar-refractivity contribution < 1.29 is 63.1 Å². The molecule has 0 aromatic carbocycles. The van der Waals surface area contributed by atoms with Gasteiger partial charge in [0.05, 0.1) is 6.61 Å². The molecule has 8 atom stereocenters. The fourth-order valence-corrected chi connectivity index (χ4v) is 7.53. The molecule has 0 aromatic heterocycles. The minimum atomic E-state index is -5.13. The van der Waals surface area contributed by atoms with Gasteiger partial charge in [-0.15, -0.1) is 0 Å². The summed E-state index contributed by atoms with van der Waals surface area (Å²) in [6, 6.07) is 0. The summed E-state index contributed by atoms with van der Waals surface area (Å²) >= 11 is 0. The van der Waals surface area contributed by atoms with Crippen LogP contribution in [0.3, 0.4) is 0 Å². The van der Waals surface area contributed by atoms with Gasteiger partial charge < -0.3 is 39.9 Å². The van der Waals surface area contributed by atoms with E-state index in [1.165, 1.54) is 57.8 Å². The largest absolute Gasteiger partial charge is 0.472 e. The van der Waals surface area contributed by atoms with Gasteiger partial charge in [0.15, 0.2) is 6.10 Å². The number of hydrogen-bond acceptors (Lipinski definition) is 12. The molecule has 1 aliphatic rings. The summed E-state index contributed by atoms with van der Waals surface area (Å²) in [5.41, 5.74) is 0. The van der Waals surface area contributed by atoms with E-state index in [9.17, 15) is 44.6 Å². The lowest BCUT2D eigenvalue weighted by atomic mass is 9.85. The molecule has 0 aromatic rings. The van der Waals surface area contributed by atoms with Crippen LogP contribution in [-0.4, -0.2) is 98.3 Å². The summed E-state index contributed by atoms with van der Waals surface area (Å²) in [7, 11) is -5.13. The maximum atomic E-state index is 12.8. The van der Waals surface area contributed by atoms with Gasteiger partial charge in [0, 0.05) is 12.8 Å². The smallest absolute Gasteiger partial charge is 0.462 e. The standard InChI is InChI=1S/C45H79O13P/c1-3-5-7-9-11-13-15-17-19-21-23-25-27-29-31-33-38(46)55-35-37(36-56-59(53,54)58-45-43(51)41(49)40(48)42(50)44(45)52)57-39(47)34-32-30-28-26-24-22-20-18-16-14-12-10-8-6-4-2/h5,7,11,13,17,19,28,30,37,40-45,48-52H,3-4,6,8-10,12,14-16,18,20-27,29,31-36H2,1-2H3,(H,53,54)/b7-5+,13-11+,19-17+,30-28+/t37-,40?,41-,42?,43?,44?,45?/m1/s1. The Morgan fingerprint density at radius 3 is 1.56 bits per heavy atom. The monoisotopic (exact) mass is 859 g/mol. The van der Waals surface area contributed by atoms with Gasteiger partial charge in [0.25, 0.3) is 0 Å². The molecule has 1 aliphatic carbocycles. The van der Waals surface area contributed by atoms with Crippen molar-refractivity contribution in [2.45, 2.75) is 211 Å². The van der Waals surface area contributed by atoms with E-state index in [1.807, 2.05) is 12.2 Å². The number of aliphatic hydroxyl groups is 5. The molecule has 0 saturated heterocycles. The van der Waals surface area contributed by atoms with Gasteiger partial charge in [-0.05, 0) is 57.8 Å². The minimum Gasteiger partial charge on any atom is -0.462 e. The van der Waals surface area contributed by atoms with Gasteiger partial charge in [0.2, 0.25) is 0 Å². The van der Waals surface area contributed by atoms with E-state index in [0.29, 0.717) is 12.8 Å². The van der Waals surface area contributed by atoms with E-state index in [2.05, 4.69) is 50.3 Å². The number of aliphatic hydroxyl groups excluding tert-OH is 5. The van der Waals surface area contributed by atoms with Crippen LogP contribution in [-0.2, 0) is 32.7 Å². The lowest BCUT2D eigenvalue weighted by Crippen LogP contribution is -2.64. The first-order valence-corrected chi connectivity index (χ1v) is 23.9. The zero-order chi connectivity index (χ0) is 43.6. The Balaban J connectivity index is 2.51. The van der Waals surface area contributed by atoms with Crippen LogP contribution in [0, 0.1) is 0 Å². The second-order valence-electron chi connectivity index (χ2n) is 15.5. The quantitative estimate of drug-likeness (QED) is 0.0152. The molecule has 0 radical (unpaired) electrons. The second kappa shape index (κ2) is 35.4. The number of allylic oxidation sites excluding steroid dienone is 8. The predicted molar refractivity (Wildman–Crippen MR) is 230 cm³/mol. The summed E-state index contributed by atoms with van der Waals surface area (Å²) in [5.74, 6) is -1.18. The number of ether oxygens (including phenoxy) is 2. The Hall–Kier alpha value is -2.19. The van der Waals surface area contributed by atoms with Gasteiger partial charge in [-0.25, -0.2) is 4.57 Å². The normalized spacial score (nSPS) is 22.8. The summed E-state index contributed by atoms with van der Waals surface area (Å²) < 4.78 is 33.4. The van der Waals surface area contributed by atoms with Crippen molar-refractivity contribution in [1.82, 2.24) is 0 Å². The number of phosphoric acid groups is 1. The van der Waals surface area contributed by atoms with Crippen molar-refractivity contribution in [3.8, 4) is 0 Å². The average Bonchev–Trinajstić information content (AvgIpc) is 3.21. The fraction of sp³-hybridized carbons (Fsp3) is 0.778. The topological polar surface area (TPSA) is 210 Å². The highest BCUT2D eigenvalue weighted by Gasteiger charge is 2.51. The van der Waals surface area contributed by atoms with E-state index in [1.54, 1.807) is 0 Å². The molecule has 0 bridgehead atoms. The molecule has 0 spiro atoms. The number of carbonyl (C=O) groups is 2. The van der Waals surface area contributed by atoms with Crippen LogP contribution >= 0.6 is 7.82 Å². The lowest BCUT2D eigenvalue weighted by molar-refractivity contribution is -0.220. The second-order valence-corrected chi connectivity index (χ2v) is 16.9. The van der Waals surface area contributed by atoms with Crippen LogP contribution in [0.25, 0.3) is 0 Å². The third-order valence-corrected chi connectivity index (χ3v) is 11.2. The highest BCUT2D eigenvalue weighted by atomic mass is 31.2. The molecule has 59 heavy (non-hydrogen) atoms. The molecule has 0 heterocycles. The number of carbonyl (C=O) groups excluding carboxylic acids is 2. The van der Waals surface area contributed by atoms with Crippen molar-refractivity contribution in [1.29, 1.82) is 0 Å². The van der Waals surface area contributed by atoms with Gasteiger partial charge in [-0.3, -0.25) is 18.6 Å². The molecule has 0 amide bonds. The Bertz CT molecular complexity index is 1220. The van der Waals surface area contributed by atoms with Crippen molar-refractivity contribution in [2.24, 2.45) is 0 Å². The maximum Gasteiger partial charge on any atom is 0.472 e. The summed E-state index contributed by atoms with van der Waals surface area (Å²) in [6.45, 7) is 3.13. The summed E-state index contributed by atoms with van der Waals surface area (Å²) in [4.78, 5) is 35.6. The third kappa shape index (κ3) is 28.1. The molecule has 14 heteroatoms. The number of hydrogen-bond donors (Lipinski definition) is 6. The molecule has 1 fully saturated rings. The predicted octanol–water partition coefficient (Wildman–Crippen LogP) is 8.39. The minimum absolute atomic E-state index is 0.00876. The maximum absolute atomic E-state index is 12.8. The third-order valence-electron chi connectivity index (χ3n) is 10.2. The Morgan fingerprint density at radius 1 is 0.542 bits per heavy atom. The Kier molecular flexibility index (Phi) is 32.9. The van der Waals surface area contributed by atoms with Gasteiger partial charge >= 0.3 is 19.8 Å². The van der Waals surface area contributed by atoms with Gasteiger partial charge in [-0.2, -0.15) is 0 Å². The molecule has 6 N–H and O–H groups in total. The van der Waals surface area contributed by atoms with Gasteiger partial charge in [0.1, 0.15) is 43.2 Å². The Morgan fingerprint density at radius 2 is 1.00 bits per heavy atom. The fourth-order valence-electron chi connectivity index (χ4n) is 6.55. The van der Waals surface area contributed by atoms with E-state index in [-0.39, 0.29) is 12.8 Å². The molecule has 6 unspecified atom stereocenters. The van der Waals surface area contributed by atoms with Crippen molar-refractivity contribution >= 4 is 19.8 Å². The zero-order valence-electron chi connectivity index (χ0n) is 36.0. The van der Waals surface area contributed by atoms with Crippen LogP contribution in [0.15, 0.2) is 48.6 Å². The molecular formula is C45H79O13P. The van der Waals surface area contributed by atoms with E-state index >= 15 is 0 Å². The number of unbranched alkanes of at least 4 members (excludes halogenated alkanes) is 16. The lowest BCUT2D eigenvalue weighted by Gasteiger charge is -2.41. The van der Waals surface area contributed by atoms with Crippen LogP contribution in [0.2, 0.25) is 0 Å². The highest BCUT2D eigenvalue weighted by molar-refractivity contribution is 7.47. The van der Waals surface area contributed by atoms with E-state index in [0.717, 1.165) is 70.6 Å². The highest BCUT2D eigenvalue weighted by Crippen LogP contribution is 2.47. The van der Waals surface area contributed by atoms with E-state index < -0.39 is 75.7 Å². The molecule has 1 rings (SSSR count). The van der Waals surface area contributed by atoms with Crippen LogP contribution in [0.1, 0.15) is 168 Å². The number of esters is 2. The summed E-state index contributed by atoms with van der Waals surface area (Å²) in [5, 5.41) is 50.1. The van der Waals surface area contributed by atoms with Crippen LogP contribution in [0.4, 0.5) is 0 Å². The zero-order valence-corrected chi connectivity index (χ0v) is 36.9. The summed E-state index contributed by atoms with van der Waals surface area (Å²) in [6.07, 6.45) is 27.5. The molecule has 1 saturated carbocycles. The van der Waals surface area contributed by atoms with Crippen LogP contribution < -0.4 is 0 Å². The Labute approximate surface area is 354 Å². The van der Waals surface area contributed by atoms with Crippen molar-refractivity contribution in [2.75, 3.05) is 13.2 Å². The molecule has 0 aliphatic heterocycles. The van der Waals surface area contributed by atoms with Crippen LogP contribution in [0.5, 0.6) is 0 Å². The molecular weight excluding hydrogens is 779 g/mol. The number of rotatable bonds is 36. The van der Waals surface area contributed by atoms with Crippen molar-refractivity contribution in [3.63, 3.8) is 0 Å². The van der Waals surface area contributed by atoms with Crippen molar-refractivity contribution in [3.05, 3.63) is 48.6 Å². The average molecular weight is 859 g/mol. The molecule has 13 nitrogen and oxygen atoms in total. The first kappa shape index (κ1) is 54.8. The SMILES string of the molecule is CC/C=C/C/C=C/C/C=C/CCCCCCCC(=O)OC[C@H](COP(=O)(O)OC1C(O)C(O)C(O)[C@@H](O)C1O)OC(=O)CC/C=C/CCCCCCCCCCCCC. The first-order valence-electron chi connectivity index (χ1n) is 22.4.